The third kappa shape index (κ3) is 4.15. The Morgan fingerprint density at radius 3 is 2.41 bits per heavy atom. The van der Waals surface area contributed by atoms with Crippen LogP contribution < -0.4 is 10.6 Å². The predicted molar refractivity (Wildman–Crippen MR) is 83.1 cm³/mol. The Balaban J connectivity index is 2.06. The summed E-state index contributed by atoms with van der Waals surface area (Å²) >= 11 is 0. The molecule has 0 atom stereocenters. The van der Waals surface area contributed by atoms with Crippen LogP contribution >= 0.6 is 0 Å². The quantitative estimate of drug-likeness (QED) is 0.912. The molecular weight excluding hydrogens is 283 g/mol. The largest absolute Gasteiger partial charge is 0.352 e. The highest BCUT2D eigenvalue weighted by Crippen LogP contribution is 2.17. The molecule has 2 amide bonds. The molecule has 2 aromatic rings. The molecule has 0 bridgehead atoms. The van der Waals surface area contributed by atoms with Gasteiger partial charge in [-0.1, -0.05) is 18.2 Å². The lowest BCUT2D eigenvalue weighted by Crippen LogP contribution is -2.19. The van der Waals surface area contributed by atoms with Gasteiger partial charge in [0.15, 0.2) is 0 Å². The van der Waals surface area contributed by atoms with Gasteiger partial charge in [-0.25, -0.2) is 4.39 Å². The van der Waals surface area contributed by atoms with E-state index in [9.17, 15) is 14.0 Å². The van der Waals surface area contributed by atoms with Crippen molar-refractivity contribution in [3.05, 3.63) is 65.0 Å². The fourth-order valence-electron chi connectivity index (χ4n) is 1.92. The zero-order valence-electron chi connectivity index (χ0n) is 12.4. The van der Waals surface area contributed by atoms with Gasteiger partial charge < -0.3 is 10.6 Å². The predicted octanol–water partition coefficient (Wildman–Crippen LogP) is 3.02. The van der Waals surface area contributed by atoms with E-state index in [0.29, 0.717) is 17.8 Å². The first-order chi connectivity index (χ1) is 10.5. The Morgan fingerprint density at radius 1 is 1.09 bits per heavy atom. The van der Waals surface area contributed by atoms with Crippen LogP contribution in [-0.4, -0.2) is 11.8 Å². The van der Waals surface area contributed by atoms with E-state index in [-0.39, 0.29) is 11.8 Å². The van der Waals surface area contributed by atoms with Crippen LogP contribution in [0.5, 0.6) is 0 Å². The van der Waals surface area contributed by atoms with Crippen molar-refractivity contribution >= 4 is 17.5 Å². The zero-order chi connectivity index (χ0) is 16.1. The van der Waals surface area contributed by atoms with Crippen LogP contribution in [0, 0.1) is 12.7 Å². The maximum atomic E-state index is 13.2. The smallest absolute Gasteiger partial charge is 0.255 e. The normalized spacial score (nSPS) is 10.1. The van der Waals surface area contributed by atoms with Gasteiger partial charge in [0.25, 0.3) is 5.91 Å². The first-order valence-electron chi connectivity index (χ1n) is 6.86. The highest BCUT2D eigenvalue weighted by Gasteiger charge is 2.08. The lowest BCUT2D eigenvalue weighted by Gasteiger charge is -2.09. The summed E-state index contributed by atoms with van der Waals surface area (Å²) in [6.07, 6.45) is 0. The van der Waals surface area contributed by atoms with Gasteiger partial charge in [-0.05, 0) is 42.3 Å². The summed E-state index contributed by atoms with van der Waals surface area (Å²) in [4.78, 5) is 23.0. The Morgan fingerprint density at radius 2 is 1.77 bits per heavy atom. The molecule has 0 aliphatic heterocycles. The van der Waals surface area contributed by atoms with Gasteiger partial charge in [0.1, 0.15) is 5.82 Å². The molecule has 0 saturated carbocycles. The summed E-state index contributed by atoms with van der Waals surface area (Å²) < 4.78 is 13.2. The van der Waals surface area contributed by atoms with E-state index in [1.807, 2.05) is 0 Å². The molecule has 0 heterocycles. The summed E-state index contributed by atoms with van der Waals surface area (Å²) in [5, 5.41) is 5.37. The fourth-order valence-corrected chi connectivity index (χ4v) is 1.92. The molecular formula is C17H17FN2O2. The minimum absolute atomic E-state index is 0.108. The minimum Gasteiger partial charge on any atom is -0.352 e. The van der Waals surface area contributed by atoms with Gasteiger partial charge in [-0.3, -0.25) is 9.59 Å². The van der Waals surface area contributed by atoms with Gasteiger partial charge in [0.05, 0.1) is 0 Å². The number of aryl methyl sites for hydroxylation is 1. The number of carbonyl (C=O) groups is 2. The second-order valence-corrected chi connectivity index (χ2v) is 5.02. The molecule has 0 radical (unpaired) electrons. The number of nitrogens with one attached hydrogen (secondary N) is 2. The molecule has 0 aliphatic carbocycles. The van der Waals surface area contributed by atoms with Gasteiger partial charge in [0.2, 0.25) is 5.91 Å². The summed E-state index contributed by atoms with van der Waals surface area (Å²) in [6, 6.07) is 11.1. The Bertz CT molecular complexity index is 696. The van der Waals surface area contributed by atoms with E-state index in [1.165, 1.54) is 19.1 Å². The number of carbonyl (C=O) groups excluding carboxylic acids is 2. The van der Waals surface area contributed by atoms with Gasteiger partial charge in [-0.15, -0.1) is 0 Å². The Labute approximate surface area is 128 Å². The third-order valence-electron chi connectivity index (χ3n) is 3.21. The molecule has 2 N–H and O–H groups in total. The lowest BCUT2D eigenvalue weighted by molar-refractivity contribution is -0.119. The zero-order valence-corrected chi connectivity index (χ0v) is 12.4. The van der Waals surface area contributed by atoms with Crippen LogP contribution in [0.25, 0.3) is 0 Å². The van der Waals surface area contributed by atoms with Crippen LogP contribution in [0.2, 0.25) is 0 Å². The van der Waals surface area contributed by atoms with Crippen LogP contribution in [0.4, 0.5) is 10.1 Å². The summed E-state index contributed by atoms with van der Waals surface area (Å²) in [5.41, 5.74) is 2.60. The second kappa shape index (κ2) is 6.85. The minimum atomic E-state index is -0.397. The second-order valence-electron chi connectivity index (χ2n) is 5.02. The van der Waals surface area contributed by atoms with E-state index >= 15 is 0 Å². The topological polar surface area (TPSA) is 58.2 Å². The maximum absolute atomic E-state index is 13.2. The molecule has 5 heteroatoms. The average molecular weight is 300 g/mol. The van der Waals surface area contributed by atoms with E-state index < -0.39 is 5.82 Å². The van der Waals surface area contributed by atoms with Crippen molar-refractivity contribution in [3.8, 4) is 0 Å². The molecule has 0 fully saturated rings. The van der Waals surface area contributed by atoms with Crippen molar-refractivity contribution in [1.29, 1.82) is 0 Å². The number of benzene rings is 2. The van der Waals surface area contributed by atoms with Crippen molar-refractivity contribution in [2.24, 2.45) is 0 Å². The van der Waals surface area contributed by atoms with Gasteiger partial charge >= 0.3 is 0 Å². The van der Waals surface area contributed by atoms with E-state index in [0.717, 1.165) is 11.1 Å². The Kier molecular flexibility index (Phi) is 4.88. The van der Waals surface area contributed by atoms with Crippen LogP contribution in [0.3, 0.4) is 0 Å². The molecule has 2 aromatic carbocycles. The first-order valence-corrected chi connectivity index (χ1v) is 6.86. The maximum Gasteiger partial charge on any atom is 0.255 e. The summed E-state index contributed by atoms with van der Waals surface area (Å²) in [7, 11) is 0. The van der Waals surface area contributed by atoms with E-state index in [1.54, 1.807) is 37.3 Å². The van der Waals surface area contributed by atoms with Crippen molar-refractivity contribution in [1.82, 2.24) is 5.32 Å². The molecule has 0 spiro atoms. The van der Waals surface area contributed by atoms with E-state index in [2.05, 4.69) is 10.6 Å². The van der Waals surface area contributed by atoms with Crippen molar-refractivity contribution in [2.45, 2.75) is 20.4 Å². The SMILES string of the molecule is CC(=O)NCc1ccc(C(=O)Nc2cc(F)ccc2C)cc1. The first kappa shape index (κ1) is 15.7. The molecule has 0 aromatic heterocycles. The fraction of sp³-hybridized carbons (Fsp3) is 0.176. The molecule has 0 unspecified atom stereocenters. The number of hydrogen-bond acceptors (Lipinski definition) is 2. The number of halogens is 1. The standard InChI is InChI=1S/C17H17FN2O2/c1-11-3-8-15(18)9-16(11)20-17(22)14-6-4-13(5-7-14)10-19-12(2)21/h3-9H,10H2,1-2H3,(H,19,21)(H,20,22). The van der Waals surface area contributed by atoms with Crippen molar-refractivity contribution < 1.29 is 14.0 Å². The Hall–Kier alpha value is -2.69. The molecule has 22 heavy (non-hydrogen) atoms. The van der Waals surface area contributed by atoms with Gasteiger partial charge in [0, 0.05) is 24.7 Å². The van der Waals surface area contributed by atoms with Gasteiger partial charge in [-0.2, -0.15) is 0 Å². The summed E-state index contributed by atoms with van der Waals surface area (Å²) in [5.74, 6) is -0.810. The summed E-state index contributed by atoms with van der Waals surface area (Å²) in [6.45, 7) is 3.66. The van der Waals surface area contributed by atoms with Crippen LogP contribution in [0.15, 0.2) is 42.5 Å². The van der Waals surface area contributed by atoms with Crippen LogP contribution in [0.1, 0.15) is 28.4 Å². The molecule has 4 nitrogen and oxygen atoms in total. The number of hydrogen-bond donors (Lipinski definition) is 2. The highest BCUT2D eigenvalue weighted by molar-refractivity contribution is 6.04. The molecule has 0 aliphatic rings. The lowest BCUT2D eigenvalue weighted by atomic mass is 10.1. The molecule has 114 valence electrons. The highest BCUT2D eigenvalue weighted by atomic mass is 19.1. The number of amides is 2. The monoisotopic (exact) mass is 300 g/mol. The van der Waals surface area contributed by atoms with Crippen LogP contribution in [-0.2, 0) is 11.3 Å². The van der Waals surface area contributed by atoms with E-state index in [4.69, 9.17) is 0 Å². The number of anilines is 1. The van der Waals surface area contributed by atoms with Crippen molar-refractivity contribution in [2.75, 3.05) is 5.32 Å². The molecule has 0 saturated heterocycles. The van der Waals surface area contributed by atoms with Crippen molar-refractivity contribution in [3.63, 3.8) is 0 Å². The molecule has 2 rings (SSSR count). The number of rotatable bonds is 4. The third-order valence-corrected chi connectivity index (χ3v) is 3.21. The average Bonchev–Trinajstić information content (AvgIpc) is 2.49.